The second-order valence-corrected chi connectivity index (χ2v) is 6.83. The summed E-state index contributed by atoms with van der Waals surface area (Å²) < 4.78 is 5.27. The Bertz CT molecular complexity index is 743. The van der Waals surface area contributed by atoms with Crippen LogP contribution in [0, 0.1) is 0 Å². The van der Waals surface area contributed by atoms with E-state index in [1.54, 1.807) is 18.2 Å². The van der Waals surface area contributed by atoms with Crippen LogP contribution in [0.3, 0.4) is 0 Å². The molecule has 1 aromatic heterocycles. The van der Waals surface area contributed by atoms with Crippen molar-refractivity contribution in [2.75, 3.05) is 12.4 Å². The van der Waals surface area contributed by atoms with Gasteiger partial charge in [-0.3, -0.25) is 9.59 Å². The van der Waals surface area contributed by atoms with E-state index in [0.717, 1.165) is 30.7 Å². The summed E-state index contributed by atoms with van der Waals surface area (Å²) in [5.74, 6) is 0.318. The standard InChI is InChI=1S/C18H23N3O3S/c1-4-5-6-7-17-20-21-18(25-17)19-16(23)11-14-10-13(12(2)22)8-9-15(14)24-3/h8-10H,4-7,11H2,1-3H3,(H,19,21,23). The van der Waals surface area contributed by atoms with E-state index in [1.807, 2.05) is 0 Å². The molecular formula is C18H23N3O3S. The van der Waals surface area contributed by atoms with Crippen molar-refractivity contribution in [1.29, 1.82) is 0 Å². The van der Waals surface area contributed by atoms with Gasteiger partial charge in [0.05, 0.1) is 13.5 Å². The maximum atomic E-state index is 12.3. The molecule has 0 saturated heterocycles. The number of ether oxygens (including phenoxy) is 1. The first-order chi connectivity index (χ1) is 12.0. The first-order valence-electron chi connectivity index (χ1n) is 8.33. The molecule has 1 N–H and O–H groups in total. The number of benzene rings is 1. The number of carbonyl (C=O) groups excluding carboxylic acids is 2. The maximum Gasteiger partial charge on any atom is 0.230 e. The Hall–Kier alpha value is -2.28. The molecule has 0 atom stereocenters. The number of ketones is 1. The molecular weight excluding hydrogens is 338 g/mol. The number of methoxy groups -OCH3 is 1. The zero-order valence-electron chi connectivity index (χ0n) is 14.8. The van der Waals surface area contributed by atoms with Gasteiger partial charge in [0.25, 0.3) is 0 Å². The van der Waals surface area contributed by atoms with E-state index in [-0.39, 0.29) is 18.1 Å². The van der Waals surface area contributed by atoms with Gasteiger partial charge in [0.15, 0.2) is 5.78 Å². The Morgan fingerprint density at radius 1 is 1.24 bits per heavy atom. The molecule has 7 heteroatoms. The largest absolute Gasteiger partial charge is 0.496 e. The van der Waals surface area contributed by atoms with Gasteiger partial charge in [0, 0.05) is 17.5 Å². The SMILES string of the molecule is CCCCCc1nnc(NC(=O)Cc2cc(C(C)=O)ccc2OC)s1. The van der Waals surface area contributed by atoms with Gasteiger partial charge < -0.3 is 10.1 Å². The molecule has 2 aromatic rings. The second kappa shape index (κ2) is 9.27. The van der Waals surface area contributed by atoms with Crippen LogP contribution in [-0.4, -0.2) is 29.0 Å². The molecule has 0 radical (unpaired) electrons. The second-order valence-electron chi connectivity index (χ2n) is 5.77. The van der Waals surface area contributed by atoms with Crippen LogP contribution in [0.2, 0.25) is 0 Å². The average molecular weight is 361 g/mol. The summed E-state index contributed by atoms with van der Waals surface area (Å²) in [7, 11) is 1.54. The Morgan fingerprint density at radius 2 is 2.04 bits per heavy atom. The van der Waals surface area contributed by atoms with Gasteiger partial charge in [-0.05, 0) is 31.5 Å². The molecule has 0 aliphatic heterocycles. The van der Waals surface area contributed by atoms with Crippen molar-refractivity contribution in [3.8, 4) is 5.75 Å². The number of nitrogens with zero attached hydrogens (tertiary/aromatic N) is 2. The van der Waals surface area contributed by atoms with Crippen LogP contribution in [0.4, 0.5) is 5.13 Å². The van der Waals surface area contributed by atoms with E-state index in [4.69, 9.17) is 4.74 Å². The number of Topliss-reactive ketones (excluding diaryl/α,β-unsaturated/α-hetero) is 1. The van der Waals surface area contributed by atoms with Crippen LogP contribution >= 0.6 is 11.3 Å². The summed E-state index contributed by atoms with van der Waals surface area (Å²) in [6, 6.07) is 5.09. The Balaban J connectivity index is 2.00. The van der Waals surface area contributed by atoms with E-state index in [1.165, 1.54) is 25.4 Å². The molecule has 1 heterocycles. The molecule has 1 amide bonds. The monoisotopic (exact) mass is 361 g/mol. The third kappa shape index (κ3) is 5.63. The minimum Gasteiger partial charge on any atom is -0.496 e. The van der Waals surface area contributed by atoms with Crippen molar-refractivity contribution in [3.05, 3.63) is 34.3 Å². The Morgan fingerprint density at radius 3 is 2.72 bits per heavy atom. The topological polar surface area (TPSA) is 81.2 Å². The minimum atomic E-state index is -0.213. The number of hydrogen-bond acceptors (Lipinski definition) is 6. The zero-order valence-corrected chi connectivity index (χ0v) is 15.6. The quantitative estimate of drug-likeness (QED) is 0.544. The number of rotatable bonds is 9. The van der Waals surface area contributed by atoms with Crippen molar-refractivity contribution in [1.82, 2.24) is 10.2 Å². The third-order valence-corrected chi connectivity index (χ3v) is 4.64. The predicted octanol–water partition coefficient (Wildman–Crippen LogP) is 3.66. The van der Waals surface area contributed by atoms with Gasteiger partial charge in [-0.15, -0.1) is 10.2 Å². The molecule has 0 fully saturated rings. The van der Waals surface area contributed by atoms with Crippen molar-refractivity contribution in [3.63, 3.8) is 0 Å². The summed E-state index contributed by atoms with van der Waals surface area (Å²) in [6.45, 7) is 3.65. The van der Waals surface area contributed by atoms with Crippen LogP contribution in [-0.2, 0) is 17.6 Å². The molecule has 134 valence electrons. The van der Waals surface area contributed by atoms with Crippen LogP contribution < -0.4 is 10.1 Å². The highest BCUT2D eigenvalue weighted by Gasteiger charge is 2.13. The minimum absolute atomic E-state index is 0.0508. The fraction of sp³-hybridized carbons (Fsp3) is 0.444. The van der Waals surface area contributed by atoms with Crippen molar-refractivity contribution < 1.29 is 14.3 Å². The number of anilines is 1. The molecule has 0 bridgehead atoms. The predicted molar refractivity (Wildman–Crippen MR) is 98.5 cm³/mol. The van der Waals surface area contributed by atoms with Gasteiger partial charge in [-0.1, -0.05) is 31.1 Å². The Kier molecular flexibility index (Phi) is 7.06. The van der Waals surface area contributed by atoms with Gasteiger partial charge in [0.2, 0.25) is 11.0 Å². The van der Waals surface area contributed by atoms with E-state index in [2.05, 4.69) is 22.4 Å². The zero-order chi connectivity index (χ0) is 18.2. The third-order valence-electron chi connectivity index (χ3n) is 3.75. The number of unbranched alkanes of at least 4 members (excludes halogenated alkanes) is 2. The number of aromatic nitrogens is 2. The fourth-order valence-electron chi connectivity index (χ4n) is 2.40. The first-order valence-corrected chi connectivity index (χ1v) is 9.15. The Labute approximate surface area is 151 Å². The number of carbonyl (C=O) groups is 2. The fourth-order valence-corrected chi connectivity index (χ4v) is 3.20. The van der Waals surface area contributed by atoms with Gasteiger partial charge in [-0.2, -0.15) is 0 Å². The summed E-state index contributed by atoms with van der Waals surface area (Å²) in [4.78, 5) is 23.8. The summed E-state index contributed by atoms with van der Waals surface area (Å²) in [5, 5.41) is 12.3. The van der Waals surface area contributed by atoms with E-state index in [9.17, 15) is 9.59 Å². The smallest absolute Gasteiger partial charge is 0.230 e. The van der Waals surface area contributed by atoms with E-state index >= 15 is 0 Å². The van der Waals surface area contributed by atoms with Crippen molar-refractivity contribution >= 4 is 28.2 Å². The number of aryl methyl sites for hydroxylation is 1. The van der Waals surface area contributed by atoms with Crippen LogP contribution in [0.1, 0.15) is 54.0 Å². The first kappa shape index (κ1) is 19.1. The molecule has 6 nitrogen and oxygen atoms in total. The molecule has 25 heavy (non-hydrogen) atoms. The number of hydrogen-bond donors (Lipinski definition) is 1. The molecule has 0 unspecified atom stereocenters. The molecule has 2 rings (SSSR count). The lowest BCUT2D eigenvalue weighted by molar-refractivity contribution is -0.115. The van der Waals surface area contributed by atoms with E-state index in [0.29, 0.717) is 22.0 Å². The van der Waals surface area contributed by atoms with Crippen LogP contribution in [0.15, 0.2) is 18.2 Å². The number of nitrogens with one attached hydrogen (secondary N) is 1. The molecule has 1 aromatic carbocycles. The van der Waals surface area contributed by atoms with Crippen LogP contribution in [0.5, 0.6) is 5.75 Å². The molecule has 0 aliphatic carbocycles. The highest BCUT2D eigenvalue weighted by atomic mass is 32.1. The maximum absolute atomic E-state index is 12.3. The highest BCUT2D eigenvalue weighted by Crippen LogP contribution is 2.22. The lowest BCUT2D eigenvalue weighted by Gasteiger charge is -2.09. The van der Waals surface area contributed by atoms with Crippen molar-refractivity contribution in [2.24, 2.45) is 0 Å². The molecule has 0 saturated carbocycles. The van der Waals surface area contributed by atoms with Gasteiger partial charge in [0.1, 0.15) is 10.8 Å². The average Bonchev–Trinajstić information content (AvgIpc) is 3.02. The van der Waals surface area contributed by atoms with Gasteiger partial charge in [-0.25, -0.2) is 0 Å². The van der Waals surface area contributed by atoms with Crippen LogP contribution in [0.25, 0.3) is 0 Å². The normalized spacial score (nSPS) is 10.5. The summed E-state index contributed by atoms with van der Waals surface area (Å²) >= 11 is 1.40. The van der Waals surface area contributed by atoms with E-state index < -0.39 is 0 Å². The summed E-state index contributed by atoms with van der Waals surface area (Å²) in [5.41, 5.74) is 1.22. The van der Waals surface area contributed by atoms with Crippen molar-refractivity contribution in [2.45, 2.75) is 46.0 Å². The lowest BCUT2D eigenvalue weighted by atomic mass is 10.0. The molecule has 0 aliphatic rings. The lowest BCUT2D eigenvalue weighted by Crippen LogP contribution is -2.15. The number of amides is 1. The highest BCUT2D eigenvalue weighted by molar-refractivity contribution is 7.15. The molecule has 0 spiro atoms. The van der Waals surface area contributed by atoms with Gasteiger partial charge >= 0.3 is 0 Å². The summed E-state index contributed by atoms with van der Waals surface area (Å²) in [6.07, 6.45) is 4.39.